The lowest BCUT2D eigenvalue weighted by Gasteiger charge is -2.34. The molecule has 0 aromatic heterocycles. The van der Waals surface area contributed by atoms with Gasteiger partial charge in [-0.2, -0.15) is 0 Å². The third kappa shape index (κ3) is 3.40. The Hall–Kier alpha value is -0.170. The fourth-order valence-corrected chi connectivity index (χ4v) is 3.73. The maximum Gasteiger partial charge on any atom is 0.211 e. The van der Waals surface area contributed by atoms with Crippen LogP contribution in [0.4, 0.5) is 0 Å². The molecule has 100 valence electrons. The van der Waals surface area contributed by atoms with Crippen LogP contribution in [0.2, 0.25) is 0 Å². The van der Waals surface area contributed by atoms with Gasteiger partial charge in [0.2, 0.25) is 10.0 Å². The van der Waals surface area contributed by atoms with E-state index < -0.39 is 15.6 Å². The van der Waals surface area contributed by atoms with Crippen molar-refractivity contribution in [3.8, 4) is 0 Å². The van der Waals surface area contributed by atoms with Gasteiger partial charge >= 0.3 is 0 Å². The standard InChI is InChI=1S/C11H21NO4S/c1-17(14,15)12-5-2-3-10(8-12)7-11(13)4-6-16-9-11/h10,13H,2-9H2,1H3. The molecule has 0 radical (unpaired) electrons. The summed E-state index contributed by atoms with van der Waals surface area (Å²) in [7, 11) is -3.09. The molecule has 0 bridgehead atoms. The molecule has 2 saturated heterocycles. The van der Waals surface area contributed by atoms with E-state index in [0.717, 1.165) is 12.8 Å². The number of ether oxygens (including phenoxy) is 1. The molecule has 0 saturated carbocycles. The van der Waals surface area contributed by atoms with Gasteiger partial charge in [0.15, 0.2) is 0 Å². The highest BCUT2D eigenvalue weighted by atomic mass is 32.2. The van der Waals surface area contributed by atoms with Crippen molar-refractivity contribution in [3.05, 3.63) is 0 Å². The molecule has 2 fully saturated rings. The van der Waals surface area contributed by atoms with Gasteiger partial charge in [0.1, 0.15) is 0 Å². The lowest BCUT2D eigenvalue weighted by atomic mass is 9.85. The van der Waals surface area contributed by atoms with Crippen LogP contribution in [-0.2, 0) is 14.8 Å². The monoisotopic (exact) mass is 263 g/mol. The molecule has 0 aromatic rings. The average Bonchev–Trinajstić information content (AvgIpc) is 2.64. The Kier molecular flexibility index (Phi) is 3.77. The normalized spacial score (nSPS) is 36.2. The topological polar surface area (TPSA) is 66.8 Å². The quantitative estimate of drug-likeness (QED) is 0.790. The van der Waals surface area contributed by atoms with Crippen LogP contribution in [0.15, 0.2) is 0 Å². The van der Waals surface area contributed by atoms with Gasteiger partial charge in [-0.1, -0.05) is 0 Å². The van der Waals surface area contributed by atoms with Crippen molar-refractivity contribution in [2.45, 2.75) is 31.3 Å². The van der Waals surface area contributed by atoms with Crippen LogP contribution in [0, 0.1) is 5.92 Å². The van der Waals surface area contributed by atoms with E-state index in [4.69, 9.17) is 4.74 Å². The van der Waals surface area contributed by atoms with E-state index in [2.05, 4.69) is 0 Å². The lowest BCUT2D eigenvalue weighted by molar-refractivity contribution is -0.000803. The first-order chi connectivity index (χ1) is 7.89. The maximum absolute atomic E-state index is 11.5. The first-order valence-corrected chi connectivity index (χ1v) is 7.99. The maximum atomic E-state index is 11.5. The van der Waals surface area contributed by atoms with Crippen molar-refractivity contribution in [3.63, 3.8) is 0 Å². The number of hydrogen-bond donors (Lipinski definition) is 1. The third-order valence-electron chi connectivity index (χ3n) is 3.70. The molecule has 2 aliphatic rings. The minimum Gasteiger partial charge on any atom is -0.387 e. The molecule has 0 aromatic carbocycles. The number of hydrogen-bond acceptors (Lipinski definition) is 4. The summed E-state index contributed by atoms with van der Waals surface area (Å²) in [5.41, 5.74) is -0.731. The number of rotatable bonds is 3. The molecule has 2 aliphatic heterocycles. The van der Waals surface area contributed by atoms with E-state index in [0.29, 0.717) is 39.1 Å². The smallest absolute Gasteiger partial charge is 0.211 e. The Bertz CT molecular complexity index is 362. The minimum atomic E-state index is -3.09. The molecule has 0 spiro atoms. The first-order valence-electron chi connectivity index (χ1n) is 6.14. The molecule has 1 N–H and O–H groups in total. The van der Waals surface area contributed by atoms with Crippen LogP contribution in [0.3, 0.4) is 0 Å². The first kappa shape index (κ1) is 13.3. The zero-order valence-corrected chi connectivity index (χ0v) is 11.1. The van der Waals surface area contributed by atoms with Gasteiger partial charge in [-0.25, -0.2) is 12.7 Å². The number of nitrogens with zero attached hydrogens (tertiary/aromatic N) is 1. The van der Waals surface area contributed by atoms with Gasteiger partial charge in [0.25, 0.3) is 0 Å². The van der Waals surface area contributed by atoms with E-state index in [1.54, 1.807) is 0 Å². The van der Waals surface area contributed by atoms with E-state index in [1.165, 1.54) is 10.6 Å². The minimum absolute atomic E-state index is 0.255. The summed E-state index contributed by atoms with van der Waals surface area (Å²) in [6.07, 6.45) is 4.45. The molecule has 5 nitrogen and oxygen atoms in total. The summed E-state index contributed by atoms with van der Waals surface area (Å²) in [5, 5.41) is 10.2. The van der Waals surface area contributed by atoms with Crippen molar-refractivity contribution < 1.29 is 18.3 Å². The van der Waals surface area contributed by atoms with Crippen molar-refractivity contribution in [1.82, 2.24) is 4.31 Å². The molecule has 0 aliphatic carbocycles. The highest BCUT2D eigenvalue weighted by Gasteiger charge is 2.37. The van der Waals surface area contributed by atoms with Crippen LogP contribution in [0.1, 0.15) is 25.7 Å². The number of sulfonamides is 1. The fraction of sp³-hybridized carbons (Fsp3) is 1.00. The Morgan fingerprint density at radius 2 is 2.29 bits per heavy atom. The zero-order chi connectivity index (χ0) is 12.5. The summed E-state index contributed by atoms with van der Waals surface area (Å²) < 4.78 is 29.7. The van der Waals surface area contributed by atoms with Crippen molar-refractivity contribution in [1.29, 1.82) is 0 Å². The molecule has 2 unspecified atom stereocenters. The fourth-order valence-electron chi connectivity index (χ4n) is 2.79. The second kappa shape index (κ2) is 4.84. The Labute approximate surface area is 103 Å². The Morgan fingerprint density at radius 3 is 2.88 bits per heavy atom. The summed E-state index contributed by atoms with van der Waals surface area (Å²) >= 11 is 0. The number of aliphatic hydroxyl groups is 1. The van der Waals surface area contributed by atoms with E-state index >= 15 is 0 Å². The van der Waals surface area contributed by atoms with Gasteiger partial charge < -0.3 is 9.84 Å². The van der Waals surface area contributed by atoms with Gasteiger partial charge in [-0.15, -0.1) is 0 Å². The number of piperidine rings is 1. The summed E-state index contributed by atoms with van der Waals surface area (Å²) in [6, 6.07) is 0. The molecular formula is C11H21NO4S. The predicted molar refractivity (Wildman–Crippen MR) is 64.1 cm³/mol. The van der Waals surface area contributed by atoms with Crippen LogP contribution in [-0.4, -0.2) is 56.0 Å². The second-order valence-electron chi connectivity index (χ2n) is 5.36. The second-order valence-corrected chi connectivity index (χ2v) is 7.34. The van der Waals surface area contributed by atoms with Gasteiger partial charge in [-0.05, 0) is 25.2 Å². The van der Waals surface area contributed by atoms with E-state index in [1.807, 2.05) is 0 Å². The SMILES string of the molecule is CS(=O)(=O)N1CCCC(CC2(O)CCOC2)C1. The van der Waals surface area contributed by atoms with Crippen molar-refractivity contribution >= 4 is 10.0 Å². The molecule has 2 rings (SSSR count). The Balaban J connectivity index is 1.94. The molecule has 2 atom stereocenters. The highest BCUT2D eigenvalue weighted by molar-refractivity contribution is 7.88. The van der Waals surface area contributed by atoms with E-state index in [9.17, 15) is 13.5 Å². The largest absolute Gasteiger partial charge is 0.387 e. The van der Waals surface area contributed by atoms with Gasteiger partial charge in [0, 0.05) is 26.1 Å². The van der Waals surface area contributed by atoms with E-state index in [-0.39, 0.29) is 5.92 Å². The summed E-state index contributed by atoms with van der Waals surface area (Å²) in [4.78, 5) is 0. The predicted octanol–water partition coefficient (Wildman–Crippen LogP) is 0.200. The zero-order valence-electron chi connectivity index (χ0n) is 10.3. The van der Waals surface area contributed by atoms with Crippen molar-refractivity contribution in [2.75, 3.05) is 32.6 Å². The molecule has 6 heteroatoms. The third-order valence-corrected chi connectivity index (χ3v) is 4.97. The average molecular weight is 263 g/mol. The van der Waals surface area contributed by atoms with Crippen LogP contribution >= 0.6 is 0 Å². The van der Waals surface area contributed by atoms with Crippen LogP contribution in [0.25, 0.3) is 0 Å². The molecule has 17 heavy (non-hydrogen) atoms. The van der Waals surface area contributed by atoms with Crippen molar-refractivity contribution in [2.24, 2.45) is 5.92 Å². The molecular weight excluding hydrogens is 242 g/mol. The summed E-state index contributed by atoms with van der Waals surface area (Å²) in [5.74, 6) is 0.255. The van der Waals surface area contributed by atoms with Crippen LogP contribution < -0.4 is 0 Å². The van der Waals surface area contributed by atoms with Crippen LogP contribution in [0.5, 0.6) is 0 Å². The molecule has 0 amide bonds. The Morgan fingerprint density at radius 1 is 1.53 bits per heavy atom. The lowest BCUT2D eigenvalue weighted by Crippen LogP contribution is -2.42. The van der Waals surface area contributed by atoms with Gasteiger partial charge in [-0.3, -0.25) is 0 Å². The highest BCUT2D eigenvalue weighted by Crippen LogP contribution is 2.31. The molecule has 2 heterocycles. The van der Waals surface area contributed by atoms with Gasteiger partial charge in [0.05, 0.1) is 18.5 Å². The summed E-state index contributed by atoms with van der Waals surface area (Å²) in [6.45, 7) is 2.16.